The van der Waals surface area contributed by atoms with E-state index in [2.05, 4.69) is 5.32 Å². The molecule has 0 saturated carbocycles. The van der Waals surface area contributed by atoms with Gasteiger partial charge in [-0.3, -0.25) is 9.59 Å². The highest BCUT2D eigenvalue weighted by atomic mass is 32.2. The zero-order valence-corrected chi connectivity index (χ0v) is 16.1. The molecule has 140 valence electrons. The molecule has 0 saturated heterocycles. The van der Waals surface area contributed by atoms with Crippen LogP contribution in [0.4, 0.5) is 0 Å². The second-order valence-corrected chi connectivity index (χ2v) is 8.84. The number of nitrogens with one attached hydrogen (secondary N) is 1. The van der Waals surface area contributed by atoms with Gasteiger partial charge in [-0.15, -0.1) is 0 Å². The lowest BCUT2D eigenvalue weighted by atomic mass is 9.90. The van der Waals surface area contributed by atoms with Crippen molar-refractivity contribution in [3.05, 3.63) is 29.8 Å². The molecule has 0 radical (unpaired) electrons. The molecule has 1 amide bonds. The Labute approximate surface area is 149 Å². The number of aliphatic carboxylic acids is 1. The molecule has 8 heteroatoms. The highest BCUT2D eigenvalue weighted by Gasteiger charge is 2.27. The smallest absolute Gasteiger partial charge is 0.309 e. The fraction of sp³-hybridized carbons (Fsp3) is 0.529. The summed E-state index contributed by atoms with van der Waals surface area (Å²) in [6.45, 7) is 6.87. The third kappa shape index (κ3) is 5.27. The number of carbonyl (C=O) groups excluding carboxylic acids is 1. The van der Waals surface area contributed by atoms with E-state index in [4.69, 9.17) is 5.11 Å². The number of sulfonamides is 1. The third-order valence-corrected chi connectivity index (χ3v) is 6.14. The molecule has 0 unspecified atom stereocenters. The largest absolute Gasteiger partial charge is 0.481 e. The molecule has 0 aliphatic carbocycles. The normalized spacial score (nSPS) is 12.4. The monoisotopic (exact) mass is 370 g/mol. The summed E-state index contributed by atoms with van der Waals surface area (Å²) in [7, 11) is -2.19. The first kappa shape index (κ1) is 21.1. The lowest BCUT2D eigenvalue weighted by Crippen LogP contribution is -2.33. The van der Waals surface area contributed by atoms with Gasteiger partial charge in [0.15, 0.2) is 0 Å². The lowest BCUT2D eigenvalue weighted by Gasteiger charge is -2.21. The number of hydrogen-bond acceptors (Lipinski definition) is 4. The van der Waals surface area contributed by atoms with Gasteiger partial charge >= 0.3 is 5.97 Å². The van der Waals surface area contributed by atoms with Crippen molar-refractivity contribution in [3.63, 3.8) is 0 Å². The van der Waals surface area contributed by atoms with Gasteiger partial charge < -0.3 is 10.4 Å². The minimum Gasteiger partial charge on any atom is -0.481 e. The molecule has 7 nitrogen and oxygen atoms in total. The molecule has 0 atom stereocenters. The summed E-state index contributed by atoms with van der Waals surface area (Å²) in [6, 6.07) is 5.59. The predicted molar refractivity (Wildman–Crippen MR) is 94.9 cm³/mol. The number of hydrogen-bond donors (Lipinski definition) is 2. The Morgan fingerprint density at radius 1 is 1.28 bits per heavy atom. The Morgan fingerprint density at radius 3 is 2.40 bits per heavy atom. The summed E-state index contributed by atoms with van der Waals surface area (Å²) in [5.41, 5.74) is -0.732. The Morgan fingerprint density at radius 2 is 1.88 bits per heavy atom. The molecule has 0 aliphatic rings. The lowest BCUT2D eigenvalue weighted by molar-refractivity contribution is -0.147. The Balaban J connectivity index is 2.88. The average Bonchev–Trinajstić information content (AvgIpc) is 2.53. The van der Waals surface area contributed by atoms with Crippen molar-refractivity contribution in [2.45, 2.75) is 45.1 Å². The van der Waals surface area contributed by atoms with Gasteiger partial charge in [0.1, 0.15) is 0 Å². The van der Waals surface area contributed by atoms with E-state index in [1.807, 2.05) is 0 Å². The van der Waals surface area contributed by atoms with Crippen LogP contribution in [-0.4, -0.2) is 49.3 Å². The molecular weight excluding hydrogens is 344 g/mol. The first-order valence-electron chi connectivity index (χ1n) is 7.99. The maximum Gasteiger partial charge on any atom is 0.309 e. The second kappa shape index (κ2) is 7.97. The fourth-order valence-electron chi connectivity index (χ4n) is 1.94. The highest BCUT2D eigenvalue weighted by molar-refractivity contribution is 7.89. The number of nitrogens with zero attached hydrogens (tertiary/aromatic N) is 1. The molecule has 1 rings (SSSR count). The van der Waals surface area contributed by atoms with Crippen molar-refractivity contribution in [3.8, 4) is 0 Å². The van der Waals surface area contributed by atoms with Gasteiger partial charge in [-0.05, 0) is 52.3 Å². The third-order valence-electron chi connectivity index (χ3n) is 4.11. The van der Waals surface area contributed by atoms with Crippen LogP contribution in [0.1, 0.15) is 44.5 Å². The number of carboxylic acid groups (broad SMARTS) is 1. The molecule has 0 fully saturated rings. The van der Waals surface area contributed by atoms with Crippen molar-refractivity contribution in [1.82, 2.24) is 9.62 Å². The van der Waals surface area contributed by atoms with E-state index in [9.17, 15) is 18.0 Å². The maximum atomic E-state index is 12.5. The van der Waals surface area contributed by atoms with E-state index in [1.165, 1.54) is 35.6 Å². The van der Waals surface area contributed by atoms with Crippen molar-refractivity contribution in [2.24, 2.45) is 5.41 Å². The fourth-order valence-corrected chi connectivity index (χ4v) is 3.35. The zero-order chi connectivity index (χ0) is 19.4. The maximum absolute atomic E-state index is 12.5. The average molecular weight is 370 g/mol. The number of amides is 1. The second-order valence-electron chi connectivity index (χ2n) is 6.84. The summed E-state index contributed by atoms with van der Waals surface area (Å²) in [6.07, 6.45) is 0.266. The summed E-state index contributed by atoms with van der Waals surface area (Å²) in [5.74, 6) is -1.38. The highest BCUT2D eigenvalue weighted by Crippen LogP contribution is 2.20. The summed E-state index contributed by atoms with van der Waals surface area (Å²) < 4.78 is 26.2. The van der Waals surface area contributed by atoms with Crippen molar-refractivity contribution >= 4 is 21.9 Å². The molecule has 1 aromatic rings. The predicted octanol–water partition coefficient (Wildman–Crippen LogP) is 1.95. The molecule has 25 heavy (non-hydrogen) atoms. The molecule has 2 N–H and O–H groups in total. The van der Waals surface area contributed by atoms with Crippen LogP contribution in [0.3, 0.4) is 0 Å². The minimum absolute atomic E-state index is 0.0437. The topological polar surface area (TPSA) is 104 Å². The first-order valence-corrected chi connectivity index (χ1v) is 9.43. The minimum atomic E-state index is -3.67. The van der Waals surface area contributed by atoms with Gasteiger partial charge in [0.2, 0.25) is 10.0 Å². The van der Waals surface area contributed by atoms with E-state index in [1.54, 1.807) is 27.7 Å². The van der Waals surface area contributed by atoms with Crippen LogP contribution in [-0.2, 0) is 14.8 Å². The zero-order valence-electron chi connectivity index (χ0n) is 15.2. The van der Waals surface area contributed by atoms with Gasteiger partial charge in [-0.25, -0.2) is 8.42 Å². The standard InChI is InChI=1S/C17H26N2O5S/c1-12(2)19(5)25(23,24)14-8-6-7-13(11-14)15(20)18-10-9-17(3,4)16(21)22/h6-8,11-12H,9-10H2,1-5H3,(H,18,20)(H,21,22). The quantitative estimate of drug-likeness (QED) is 0.728. The van der Waals surface area contributed by atoms with Crippen LogP contribution in [0.2, 0.25) is 0 Å². The summed E-state index contributed by atoms with van der Waals surface area (Å²) in [5, 5.41) is 11.7. The number of rotatable bonds is 8. The van der Waals surface area contributed by atoms with Crippen LogP contribution in [0.25, 0.3) is 0 Å². The van der Waals surface area contributed by atoms with Crippen molar-refractivity contribution in [1.29, 1.82) is 0 Å². The number of benzene rings is 1. The van der Waals surface area contributed by atoms with Crippen molar-refractivity contribution < 1.29 is 23.1 Å². The Kier molecular flexibility index (Phi) is 6.73. The van der Waals surface area contributed by atoms with Gasteiger partial charge in [0.05, 0.1) is 10.3 Å². The summed E-state index contributed by atoms with van der Waals surface area (Å²) in [4.78, 5) is 23.3. The molecule has 0 bridgehead atoms. The van der Waals surface area contributed by atoms with Crippen LogP contribution in [0, 0.1) is 5.41 Å². The molecule has 0 spiro atoms. The van der Waals surface area contributed by atoms with Gasteiger partial charge in [-0.1, -0.05) is 6.07 Å². The van der Waals surface area contributed by atoms with E-state index >= 15 is 0 Å². The van der Waals surface area contributed by atoms with Crippen LogP contribution in [0.15, 0.2) is 29.2 Å². The van der Waals surface area contributed by atoms with E-state index in [-0.39, 0.29) is 29.5 Å². The van der Waals surface area contributed by atoms with E-state index in [0.717, 1.165) is 0 Å². The van der Waals surface area contributed by atoms with E-state index in [0.29, 0.717) is 0 Å². The van der Waals surface area contributed by atoms with Crippen LogP contribution >= 0.6 is 0 Å². The van der Waals surface area contributed by atoms with Gasteiger partial charge in [0.25, 0.3) is 5.91 Å². The molecule has 1 aromatic carbocycles. The molecule has 0 aliphatic heterocycles. The van der Waals surface area contributed by atoms with Crippen LogP contribution < -0.4 is 5.32 Å². The van der Waals surface area contributed by atoms with Gasteiger partial charge in [-0.2, -0.15) is 4.31 Å². The molecule has 0 aromatic heterocycles. The van der Waals surface area contributed by atoms with Crippen LogP contribution in [0.5, 0.6) is 0 Å². The van der Waals surface area contributed by atoms with E-state index < -0.39 is 27.3 Å². The SMILES string of the molecule is CC(C)N(C)S(=O)(=O)c1cccc(C(=O)NCCC(C)(C)C(=O)O)c1. The molecular formula is C17H26N2O5S. The van der Waals surface area contributed by atoms with Crippen molar-refractivity contribution in [2.75, 3.05) is 13.6 Å². The Hall–Kier alpha value is -1.93. The first-order chi connectivity index (χ1) is 11.4. The number of carboxylic acids is 1. The Bertz CT molecular complexity index is 741. The summed E-state index contributed by atoms with van der Waals surface area (Å²) >= 11 is 0. The van der Waals surface area contributed by atoms with Gasteiger partial charge in [0, 0.05) is 25.2 Å². The molecule has 0 heterocycles. The number of carbonyl (C=O) groups is 2.